The summed E-state index contributed by atoms with van der Waals surface area (Å²) in [5.74, 6) is -0.666. The molecule has 202 valence electrons. The van der Waals surface area contributed by atoms with Crippen molar-refractivity contribution in [2.75, 3.05) is 29.4 Å². The molecule has 3 aromatic carbocycles. The molecule has 0 radical (unpaired) electrons. The third-order valence-corrected chi connectivity index (χ3v) is 8.09. The monoisotopic (exact) mass is 552 g/mol. The number of halogens is 1. The third kappa shape index (κ3) is 4.98. The van der Waals surface area contributed by atoms with Crippen LogP contribution in [0.3, 0.4) is 0 Å². The lowest BCUT2D eigenvalue weighted by molar-refractivity contribution is -0.114. The lowest BCUT2D eigenvalue weighted by Crippen LogP contribution is -2.39. The Hall–Kier alpha value is -4.58. The first kappa shape index (κ1) is 26.0. The van der Waals surface area contributed by atoms with E-state index >= 15 is 0 Å². The van der Waals surface area contributed by atoms with Crippen LogP contribution in [0, 0.1) is 12.7 Å². The summed E-state index contributed by atoms with van der Waals surface area (Å²) in [7, 11) is -2.65. The fraction of sp³-hybridized carbons (Fsp3) is 0.185. The Balaban J connectivity index is 1.49. The number of aromatic nitrogens is 2. The van der Waals surface area contributed by atoms with Crippen molar-refractivity contribution >= 4 is 27.3 Å². The highest BCUT2D eigenvalue weighted by atomic mass is 32.2. The van der Waals surface area contributed by atoms with Crippen molar-refractivity contribution in [3.05, 3.63) is 94.7 Å². The van der Waals surface area contributed by atoms with E-state index < -0.39 is 33.9 Å². The minimum absolute atomic E-state index is 0.0159. The number of sulfonamides is 1. The van der Waals surface area contributed by atoms with Gasteiger partial charge in [0.1, 0.15) is 31.3 Å². The van der Waals surface area contributed by atoms with Gasteiger partial charge < -0.3 is 14.8 Å². The zero-order valence-corrected chi connectivity index (χ0v) is 21.9. The summed E-state index contributed by atoms with van der Waals surface area (Å²) in [6.07, 6.45) is 0. The van der Waals surface area contributed by atoms with Crippen LogP contribution in [0.1, 0.15) is 5.69 Å². The molecule has 0 spiro atoms. The van der Waals surface area contributed by atoms with E-state index in [1.165, 1.54) is 35.0 Å². The van der Waals surface area contributed by atoms with Crippen LogP contribution in [0.15, 0.2) is 82.5 Å². The number of hydrogen-bond acceptors (Lipinski definition) is 6. The number of hydrogen-bond donors (Lipinski definition) is 1. The van der Waals surface area contributed by atoms with Gasteiger partial charge in [-0.25, -0.2) is 17.5 Å². The zero-order chi connectivity index (χ0) is 27.7. The van der Waals surface area contributed by atoms with Gasteiger partial charge >= 0.3 is 0 Å². The molecule has 0 unspecified atom stereocenters. The van der Waals surface area contributed by atoms with Gasteiger partial charge in [0.05, 0.1) is 22.0 Å². The molecule has 1 aliphatic rings. The van der Waals surface area contributed by atoms with Crippen LogP contribution in [0.25, 0.3) is 5.69 Å². The molecule has 10 nitrogen and oxygen atoms in total. The number of benzene rings is 3. The Bertz CT molecular complexity index is 1700. The van der Waals surface area contributed by atoms with Crippen LogP contribution in [0.4, 0.5) is 15.8 Å². The number of carbonyl (C=O) groups excluding carboxylic acids is 1. The predicted octanol–water partition coefficient (Wildman–Crippen LogP) is 3.23. The van der Waals surface area contributed by atoms with Gasteiger partial charge in [-0.2, -0.15) is 0 Å². The maximum Gasteiger partial charge on any atom is 0.295 e. The van der Waals surface area contributed by atoms with Crippen LogP contribution >= 0.6 is 0 Å². The van der Waals surface area contributed by atoms with Crippen LogP contribution in [-0.2, 0) is 21.9 Å². The number of fused-ring (bicyclic) bond motifs is 1. The highest BCUT2D eigenvalue weighted by molar-refractivity contribution is 7.92. The number of nitrogens with zero attached hydrogens (tertiary/aromatic N) is 3. The molecule has 39 heavy (non-hydrogen) atoms. The molecule has 1 aromatic heterocycles. The Labute approximate surface area is 223 Å². The molecule has 0 aliphatic carbocycles. The summed E-state index contributed by atoms with van der Waals surface area (Å²) in [6, 6.07) is 17.7. The summed E-state index contributed by atoms with van der Waals surface area (Å²) < 4.78 is 56.0. The van der Waals surface area contributed by atoms with Gasteiger partial charge in [-0.3, -0.25) is 18.6 Å². The molecule has 1 N–H and O–H groups in total. The van der Waals surface area contributed by atoms with Crippen molar-refractivity contribution in [3.8, 4) is 17.2 Å². The van der Waals surface area contributed by atoms with Crippen molar-refractivity contribution < 1.29 is 27.1 Å². The van der Waals surface area contributed by atoms with Gasteiger partial charge in [-0.05, 0) is 55.5 Å². The quantitative estimate of drug-likeness (QED) is 0.377. The van der Waals surface area contributed by atoms with Gasteiger partial charge in [0.15, 0.2) is 11.5 Å². The number of ether oxygens (including phenoxy) is 2. The normalized spacial score (nSPS) is 12.7. The Morgan fingerprint density at radius 3 is 2.36 bits per heavy atom. The van der Waals surface area contributed by atoms with Gasteiger partial charge in [0.2, 0.25) is 5.91 Å². The van der Waals surface area contributed by atoms with E-state index in [0.717, 1.165) is 16.4 Å². The van der Waals surface area contributed by atoms with Gasteiger partial charge in [-0.15, -0.1) is 0 Å². The number of rotatable bonds is 7. The van der Waals surface area contributed by atoms with Crippen molar-refractivity contribution in [1.29, 1.82) is 0 Å². The molecule has 5 rings (SSSR count). The average Bonchev–Trinajstić information content (AvgIpc) is 3.15. The largest absolute Gasteiger partial charge is 0.486 e. The fourth-order valence-corrected chi connectivity index (χ4v) is 5.69. The predicted molar refractivity (Wildman–Crippen MR) is 143 cm³/mol. The van der Waals surface area contributed by atoms with Crippen molar-refractivity contribution in [1.82, 2.24) is 9.36 Å². The molecule has 4 aromatic rings. The average molecular weight is 553 g/mol. The maximum atomic E-state index is 13.8. The van der Waals surface area contributed by atoms with Crippen LogP contribution in [0.5, 0.6) is 11.5 Å². The molecule has 0 fully saturated rings. The van der Waals surface area contributed by atoms with Gasteiger partial charge in [0, 0.05) is 13.1 Å². The summed E-state index contributed by atoms with van der Waals surface area (Å²) in [5, 5.41) is 2.58. The van der Waals surface area contributed by atoms with E-state index in [-0.39, 0.29) is 28.6 Å². The topological polar surface area (TPSA) is 112 Å². The second-order valence-electron chi connectivity index (χ2n) is 8.78. The van der Waals surface area contributed by atoms with E-state index in [1.54, 1.807) is 42.9 Å². The molecule has 0 saturated carbocycles. The second kappa shape index (κ2) is 10.3. The Morgan fingerprint density at radius 2 is 1.67 bits per heavy atom. The minimum Gasteiger partial charge on any atom is -0.486 e. The molecular formula is C27H25FN4O6S. The molecule has 2 heterocycles. The van der Waals surface area contributed by atoms with Gasteiger partial charge in [0.25, 0.3) is 15.6 Å². The number of para-hydroxylation sites is 1. The van der Waals surface area contributed by atoms with Crippen LogP contribution < -0.4 is 24.7 Å². The number of nitrogens with one attached hydrogen (secondary N) is 1. The minimum atomic E-state index is -4.33. The third-order valence-electron chi connectivity index (χ3n) is 6.32. The maximum absolute atomic E-state index is 13.8. The Kier molecular flexibility index (Phi) is 6.87. The highest BCUT2D eigenvalue weighted by Gasteiger charge is 2.30. The molecule has 0 saturated heterocycles. The highest BCUT2D eigenvalue weighted by Crippen LogP contribution is 2.34. The van der Waals surface area contributed by atoms with Crippen molar-refractivity contribution in [3.63, 3.8) is 0 Å². The fourth-order valence-electron chi connectivity index (χ4n) is 4.26. The molecule has 0 bridgehead atoms. The summed E-state index contributed by atoms with van der Waals surface area (Å²) in [5.41, 5.74) is 0.676. The van der Waals surface area contributed by atoms with E-state index in [9.17, 15) is 22.4 Å². The van der Waals surface area contributed by atoms with Crippen LogP contribution in [-0.4, -0.2) is 43.4 Å². The van der Waals surface area contributed by atoms with E-state index in [1.807, 2.05) is 6.07 Å². The number of carbonyl (C=O) groups is 1. The Morgan fingerprint density at radius 1 is 1.00 bits per heavy atom. The first-order chi connectivity index (χ1) is 18.7. The standard InChI is InChI=1S/C27H25FN4O6S/c1-18-26(27(34)32(30(18)2)21-6-4-3-5-7-21)29-25(33)17-31(20-10-8-19(28)9-11-20)39(35,36)22-12-13-23-24(16-22)38-15-14-37-23/h3-13,16H,14-15,17H2,1-2H3,(H,29,33). The summed E-state index contributed by atoms with van der Waals surface area (Å²) in [6.45, 7) is 1.59. The summed E-state index contributed by atoms with van der Waals surface area (Å²) in [4.78, 5) is 26.3. The molecule has 1 aliphatic heterocycles. The molecule has 1 amide bonds. The molecule has 0 atom stereocenters. The SMILES string of the molecule is Cc1c(NC(=O)CN(c2ccc(F)cc2)S(=O)(=O)c2ccc3c(c2)OCCO3)c(=O)n(-c2ccccc2)n1C. The van der Waals surface area contributed by atoms with E-state index in [0.29, 0.717) is 23.7 Å². The number of anilines is 2. The van der Waals surface area contributed by atoms with Gasteiger partial charge in [-0.1, -0.05) is 18.2 Å². The molecular weight excluding hydrogens is 527 g/mol. The van der Waals surface area contributed by atoms with E-state index in [4.69, 9.17) is 9.47 Å². The number of amides is 1. The smallest absolute Gasteiger partial charge is 0.295 e. The molecule has 12 heteroatoms. The lowest BCUT2D eigenvalue weighted by atomic mass is 10.3. The lowest BCUT2D eigenvalue weighted by Gasteiger charge is -2.25. The summed E-state index contributed by atoms with van der Waals surface area (Å²) >= 11 is 0. The van der Waals surface area contributed by atoms with Crippen molar-refractivity contribution in [2.24, 2.45) is 7.05 Å². The first-order valence-electron chi connectivity index (χ1n) is 12.0. The van der Waals surface area contributed by atoms with Crippen LogP contribution in [0.2, 0.25) is 0 Å². The van der Waals surface area contributed by atoms with E-state index in [2.05, 4.69) is 5.32 Å². The second-order valence-corrected chi connectivity index (χ2v) is 10.6. The van der Waals surface area contributed by atoms with Crippen molar-refractivity contribution in [2.45, 2.75) is 11.8 Å². The first-order valence-corrected chi connectivity index (χ1v) is 13.4. The zero-order valence-electron chi connectivity index (χ0n) is 21.1.